The molecule has 1 nitrogen and oxygen atoms in total. The maximum Gasteiger partial charge on any atom is 0.00397 e. The highest BCUT2D eigenvalue weighted by Gasteiger charge is 2.06. The first kappa shape index (κ1) is 14.3. The van der Waals surface area contributed by atoms with E-state index < -0.39 is 0 Å². The first-order valence-electron chi connectivity index (χ1n) is 6.02. The molecule has 0 aliphatic carbocycles. The summed E-state index contributed by atoms with van der Waals surface area (Å²) >= 11 is 4.16. The van der Waals surface area contributed by atoms with Gasteiger partial charge in [0.15, 0.2) is 0 Å². The molecule has 0 aliphatic rings. The second-order valence-electron chi connectivity index (χ2n) is 4.47. The van der Waals surface area contributed by atoms with Crippen LogP contribution in [0.2, 0.25) is 0 Å². The van der Waals surface area contributed by atoms with Crippen LogP contribution in [0.5, 0.6) is 0 Å². The minimum Gasteiger partial charge on any atom is -0.316 e. The quantitative estimate of drug-likeness (QED) is 0.446. The third-order valence-corrected chi connectivity index (χ3v) is 3.06. The van der Waals surface area contributed by atoms with Crippen molar-refractivity contribution in [1.82, 2.24) is 5.32 Å². The van der Waals surface area contributed by atoms with Crippen molar-refractivity contribution >= 4 is 12.6 Å². The number of hydrogen-bond acceptors (Lipinski definition) is 2. The van der Waals surface area contributed by atoms with Gasteiger partial charge in [0, 0.05) is 12.3 Å². The summed E-state index contributed by atoms with van der Waals surface area (Å²) in [6.45, 7) is 9.22. The highest BCUT2D eigenvalue weighted by Crippen LogP contribution is 2.18. The molecule has 1 unspecified atom stereocenters. The Kier molecular flexibility index (Phi) is 10.1. The van der Waals surface area contributed by atoms with E-state index in [-0.39, 0.29) is 0 Å². The third kappa shape index (κ3) is 8.89. The maximum atomic E-state index is 4.16. The van der Waals surface area contributed by atoms with Gasteiger partial charge in [-0.3, -0.25) is 0 Å². The lowest BCUT2D eigenvalue weighted by Crippen LogP contribution is -2.18. The molecule has 0 aromatic carbocycles. The Hall–Kier alpha value is 0.310. The molecule has 0 radical (unpaired) electrons. The van der Waals surface area contributed by atoms with Crippen LogP contribution in [0.1, 0.15) is 46.5 Å². The first-order chi connectivity index (χ1) is 6.70. The monoisotopic (exact) mass is 217 g/mol. The zero-order valence-electron chi connectivity index (χ0n) is 10.1. The normalized spacial score (nSPS) is 15.4. The fourth-order valence-electron chi connectivity index (χ4n) is 1.75. The van der Waals surface area contributed by atoms with Crippen LogP contribution in [0.3, 0.4) is 0 Å². The van der Waals surface area contributed by atoms with Gasteiger partial charge in [0.05, 0.1) is 0 Å². The van der Waals surface area contributed by atoms with Crippen molar-refractivity contribution in [3.05, 3.63) is 0 Å². The summed E-state index contributed by atoms with van der Waals surface area (Å²) in [5, 5.41) is 3.38. The minimum atomic E-state index is 0.891. The van der Waals surface area contributed by atoms with Gasteiger partial charge in [-0.25, -0.2) is 0 Å². The zero-order chi connectivity index (χ0) is 10.8. The van der Waals surface area contributed by atoms with Crippen LogP contribution in [0.4, 0.5) is 0 Å². The van der Waals surface area contributed by atoms with Crippen LogP contribution in [0, 0.1) is 11.8 Å². The van der Waals surface area contributed by atoms with Gasteiger partial charge in [-0.15, -0.1) is 0 Å². The Morgan fingerprint density at radius 1 is 1.14 bits per heavy atom. The smallest absolute Gasteiger partial charge is 0.00397 e. The molecule has 14 heavy (non-hydrogen) atoms. The van der Waals surface area contributed by atoms with E-state index in [1.807, 2.05) is 0 Å². The SMILES string of the molecule is CC[C@@H](C)CC(C)CCCNCCS. The summed E-state index contributed by atoms with van der Waals surface area (Å²) in [5.41, 5.74) is 0. The van der Waals surface area contributed by atoms with Crippen LogP contribution >= 0.6 is 12.6 Å². The van der Waals surface area contributed by atoms with Crippen molar-refractivity contribution in [3.8, 4) is 0 Å². The topological polar surface area (TPSA) is 12.0 Å². The largest absolute Gasteiger partial charge is 0.316 e. The van der Waals surface area contributed by atoms with E-state index >= 15 is 0 Å². The number of hydrogen-bond donors (Lipinski definition) is 2. The van der Waals surface area contributed by atoms with Crippen LogP contribution in [-0.4, -0.2) is 18.8 Å². The Balaban J connectivity index is 3.22. The van der Waals surface area contributed by atoms with E-state index in [0.717, 1.165) is 30.7 Å². The Labute approximate surface area is 95.5 Å². The average molecular weight is 217 g/mol. The predicted octanol–water partition coefficient (Wildman–Crippen LogP) is 3.36. The van der Waals surface area contributed by atoms with Crippen molar-refractivity contribution in [2.45, 2.75) is 46.5 Å². The van der Waals surface area contributed by atoms with Crippen molar-refractivity contribution < 1.29 is 0 Å². The van der Waals surface area contributed by atoms with Crippen molar-refractivity contribution in [3.63, 3.8) is 0 Å². The van der Waals surface area contributed by atoms with Gasteiger partial charge >= 0.3 is 0 Å². The van der Waals surface area contributed by atoms with Crippen LogP contribution in [0.25, 0.3) is 0 Å². The molecule has 0 rings (SSSR count). The molecule has 2 heteroatoms. The van der Waals surface area contributed by atoms with Gasteiger partial charge in [0.25, 0.3) is 0 Å². The lowest BCUT2D eigenvalue weighted by Gasteiger charge is -2.15. The van der Waals surface area contributed by atoms with Crippen molar-refractivity contribution in [2.24, 2.45) is 11.8 Å². The van der Waals surface area contributed by atoms with Gasteiger partial charge in [0.2, 0.25) is 0 Å². The van der Waals surface area contributed by atoms with E-state index in [1.54, 1.807) is 0 Å². The van der Waals surface area contributed by atoms with E-state index in [4.69, 9.17) is 0 Å². The molecule has 86 valence electrons. The standard InChI is InChI=1S/C12H27NS/c1-4-11(2)10-12(3)6-5-7-13-8-9-14/h11-14H,4-10H2,1-3H3/t11-,12?/m1/s1. The molecular weight excluding hydrogens is 190 g/mol. The second kappa shape index (κ2) is 9.85. The van der Waals surface area contributed by atoms with Gasteiger partial charge < -0.3 is 5.32 Å². The van der Waals surface area contributed by atoms with Gasteiger partial charge in [-0.1, -0.05) is 27.2 Å². The summed E-state index contributed by atoms with van der Waals surface area (Å²) in [4.78, 5) is 0. The Morgan fingerprint density at radius 2 is 1.86 bits per heavy atom. The summed E-state index contributed by atoms with van der Waals surface area (Å²) in [5.74, 6) is 2.74. The fraction of sp³-hybridized carbons (Fsp3) is 1.00. The molecule has 0 aromatic rings. The molecule has 0 fully saturated rings. The van der Waals surface area contributed by atoms with Gasteiger partial charge in [-0.05, 0) is 37.6 Å². The third-order valence-electron chi connectivity index (χ3n) is 2.84. The van der Waals surface area contributed by atoms with Crippen LogP contribution in [0.15, 0.2) is 0 Å². The number of rotatable bonds is 9. The summed E-state index contributed by atoms with van der Waals surface area (Å²) < 4.78 is 0. The Morgan fingerprint density at radius 3 is 2.43 bits per heavy atom. The fourth-order valence-corrected chi connectivity index (χ4v) is 1.91. The molecular formula is C12H27NS. The highest BCUT2D eigenvalue weighted by molar-refractivity contribution is 7.80. The predicted molar refractivity (Wildman–Crippen MR) is 69.2 cm³/mol. The van der Waals surface area contributed by atoms with Gasteiger partial charge in [0.1, 0.15) is 0 Å². The zero-order valence-corrected chi connectivity index (χ0v) is 10.9. The number of nitrogens with one attached hydrogen (secondary N) is 1. The lowest BCUT2D eigenvalue weighted by atomic mass is 9.92. The highest BCUT2D eigenvalue weighted by atomic mass is 32.1. The van der Waals surface area contributed by atoms with Crippen LogP contribution < -0.4 is 5.32 Å². The maximum absolute atomic E-state index is 4.16. The molecule has 2 atom stereocenters. The van der Waals surface area contributed by atoms with Gasteiger partial charge in [-0.2, -0.15) is 12.6 Å². The summed E-state index contributed by atoms with van der Waals surface area (Å²) in [7, 11) is 0. The van der Waals surface area contributed by atoms with Crippen molar-refractivity contribution in [2.75, 3.05) is 18.8 Å². The van der Waals surface area contributed by atoms with Crippen LogP contribution in [-0.2, 0) is 0 Å². The van der Waals surface area contributed by atoms with E-state index in [2.05, 4.69) is 38.7 Å². The van der Waals surface area contributed by atoms with Crippen molar-refractivity contribution in [1.29, 1.82) is 0 Å². The lowest BCUT2D eigenvalue weighted by molar-refractivity contribution is 0.377. The molecule has 0 aromatic heterocycles. The van der Waals surface area contributed by atoms with E-state index in [0.29, 0.717) is 0 Å². The summed E-state index contributed by atoms with van der Waals surface area (Å²) in [6, 6.07) is 0. The molecule has 1 N–H and O–H groups in total. The first-order valence-corrected chi connectivity index (χ1v) is 6.65. The molecule has 0 heterocycles. The molecule has 0 bridgehead atoms. The van der Waals surface area contributed by atoms with E-state index in [1.165, 1.54) is 25.7 Å². The minimum absolute atomic E-state index is 0.891. The molecule has 0 aliphatic heterocycles. The molecule has 0 saturated heterocycles. The second-order valence-corrected chi connectivity index (χ2v) is 4.92. The average Bonchev–Trinajstić information content (AvgIpc) is 2.17. The molecule has 0 amide bonds. The number of thiol groups is 1. The van der Waals surface area contributed by atoms with E-state index in [9.17, 15) is 0 Å². The molecule has 0 saturated carbocycles. The Bertz CT molecular complexity index is 117. The molecule has 0 spiro atoms. The summed E-state index contributed by atoms with van der Waals surface area (Å²) in [6.07, 6.45) is 5.39.